The Morgan fingerprint density at radius 3 is 2.90 bits per heavy atom. The van der Waals surface area contributed by atoms with Gasteiger partial charge in [-0.05, 0) is 61.3 Å². The molecule has 1 N–H and O–H groups in total. The fourth-order valence-corrected chi connectivity index (χ4v) is 3.59. The maximum Gasteiger partial charge on any atom is 0.241 e. The van der Waals surface area contributed by atoms with Gasteiger partial charge in [0.25, 0.3) is 0 Å². The van der Waals surface area contributed by atoms with E-state index in [-0.39, 0.29) is 17.8 Å². The monoisotopic (exact) mass is 391 g/mol. The second-order valence-corrected chi connectivity index (χ2v) is 7.03. The maximum atomic E-state index is 13.5. The van der Waals surface area contributed by atoms with Crippen LogP contribution in [0.3, 0.4) is 0 Å². The van der Waals surface area contributed by atoms with Crippen LogP contribution in [-0.4, -0.2) is 28.4 Å². The Kier molecular flexibility index (Phi) is 5.81. The minimum atomic E-state index is -0.260. The summed E-state index contributed by atoms with van der Waals surface area (Å²) in [6.45, 7) is 1.35. The Labute approximate surface area is 169 Å². The lowest BCUT2D eigenvalue weighted by molar-refractivity contribution is -0.120. The molecule has 0 bridgehead atoms. The molecular weight excluding hydrogens is 369 g/mol. The molecule has 1 saturated heterocycles. The van der Waals surface area contributed by atoms with Crippen LogP contribution in [0, 0.1) is 5.82 Å². The highest BCUT2D eigenvalue weighted by Gasteiger charge is 2.31. The van der Waals surface area contributed by atoms with E-state index in [0.717, 1.165) is 24.9 Å². The van der Waals surface area contributed by atoms with Crippen LogP contribution in [0.1, 0.15) is 18.4 Å². The first-order valence-electron chi connectivity index (χ1n) is 9.65. The Morgan fingerprint density at radius 2 is 2.07 bits per heavy atom. The van der Waals surface area contributed by atoms with Gasteiger partial charge in [0.05, 0.1) is 17.9 Å². The van der Waals surface area contributed by atoms with Crippen molar-refractivity contribution in [3.8, 4) is 11.5 Å². The Morgan fingerprint density at radius 1 is 1.17 bits per heavy atom. The van der Waals surface area contributed by atoms with Gasteiger partial charge in [-0.1, -0.05) is 24.3 Å². The zero-order valence-corrected chi connectivity index (χ0v) is 15.9. The highest BCUT2D eigenvalue weighted by molar-refractivity contribution is 5.96. The molecule has 3 aromatic rings. The van der Waals surface area contributed by atoms with Gasteiger partial charge in [0.2, 0.25) is 5.91 Å². The predicted molar refractivity (Wildman–Crippen MR) is 109 cm³/mol. The number of nitrogens with zero attached hydrogens (tertiary/aromatic N) is 2. The highest BCUT2D eigenvalue weighted by Crippen LogP contribution is 2.30. The van der Waals surface area contributed by atoms with Crippen molar-refractivity contribution in [2.45, 2.75) is 25.4 Å². The number of para-hydroxylation sites is 2. The largest absolute Gasteiger partial charge is 0.454 e. The number of hydrogen-bond acceptors (Lipinski definition) is 4. The summed E-state index contributed by atoms with van der Waals surface area (Å²) in [6.07, 6.45) is 5.00. The van der Waals surface area contributed by atoms with Crippen molar-refractivity contribution in [1.82, 2.24) is 9.88 Å². The lowest BCUT2D eigenvalue weighted by Crippen LogP contribution is -2.39. The standard InChI is InChI=1S/C23H22FN3O2/c24-18-7-3-6-17(14-18)16-27-13-5-10-21(27)23(28)26-20-9-1-2-11-22(20)29-19-8-4-12-25-15-19/h1-4,6-9,11-12,14-15,21H,5,10,13,16H2,(H,26,28). The van der Waals surface area contributed by atoms with E-state index in [1.807, 2.05) is 36.4 Å². The lowest BCUT2D eigenvalue weighted by Gasteiger charge is -2.24. The molecule has 2 heterocycles. The predicted octanol–water partition coefficient (Wildman–Crippen LogP) is 4.62. The first-order chi connectivity index (χ1) is 14.2. The fourth-order valence-electron chi connectivity index (χ4n) is 3.59. The number of pyridine rings is 1. The molecule has 2 aromatic carbocycles. The molecule has 1 amide bonds. The number of benzene rings is 2. The number of amides is 1. The van der Waals surface area contributed by atoms with Gasteiger partial charge in [-0.2, -0.15) is 0 Å². The number of carbonyl (C=O) groups is 1. The van der Waals surface area contributed by atoms with Crippen LogP contribution in [0.2, 0.25) is 0 Å². The summed E-state index contributed by atoms with van der Waals surface area (Å²) in [6, 6.07) is 17.2. The summed E-state index contributed by atoms with van der Waals surface area (Å²) < 4.78 is 19.4. The molecule has 1 aliphatic heterocycles. The van der Waals surface area contributed by atoms with Gasteiger partial charge in [0.15, 0.2) is 5.75 Å². The molecule has 6 heteroatoms. The zero-order chi connectivity index (χ0) is 20.1. The summed E-state index contributed by atoms with van der Waals surface area (Å²) in [5.41, 5.74) is 1.48. The third-order valence-electron chi connectivity index (χ3n) is 4.95. The van der Waals surface area contributed by atoms with Gasteiger partial charge in [-0.15, -0.1) is 0 Å². The quantitative estimate of drug-likeness (QED) is 0.666. The SMILES string of the molecule is O=C(Nc1ccccc1Oc1cccnc1)C1CCCN1Cc1cccc(F)c1. The summed E-state index contributed by atoms with van der Waals surface area (Å²) in [4.78, 5) is 19.1. The van der Waals surface area contributed by atoms with Gasteiger partial charge < -0.3 is 10.1 Å². The van der Waals surface area contributed by atoms with Crippen molar-refractivity contribution >= 4 is 11.6 Å². The van der Waals surface area contributed by atoms with Crippen molar-refractivity contribution in [1.29, 1.82) is 0 Å². The number of nitrogens with one attached hydrogen (secondary N) is 1. The minimum absolute atomic E-state index is 0.0823. The number of anilines is 1. The van der Waals surface area contributed by atoms with E-state index in [2.05, 4.69) is 15.2 Å². The summed E-state index contributed by atoms with van der Waals surface area (Å²) in [5.74, 6) is 0.816. The first kappa shape index (κ1) is 19.1. The summed E-state index contributed by atoms with van der Waals surface area (Å²) in [5, 5.41) is 3.00. The second-order valence-electron chi connectivity index (χ2n) is 7.03. The van der Waals surface area contributed by atoms with Gasteiger partial charge in [0, 0.05) is 12.7 Å². The first-order valence-corrected chi connectivity index (χ1v) is 9.65. The van der Waals surface area contributed by atoms with E-state index in [9.17, 15) is 9.18 Å². The average Bonchev–Trinajstić information content (AvgIpc) is 3.18. The van der Waals surface area contributed by atoms with Crippen molar-refractivity contribution in [3.63, 3.8) is 0 Å². The number of halogens is 1. The topological polar surface area (TPSA) is 54.5 Å². The normalized spacial score (nSPS) is 16.5. The third-order valence-corrected chi connectivity index (χ3v) is 4.95. The number of rotatable bonds is 6. The molecule has 1 aromatic heterocycles. The van der Waals surface area contributed by atoms with E-state index >= 15 is 0 Å². The van der Waals surface area contributed by atoms with Crippen LogP contribution in [0.25, 0.3) is 0 Å². The molecular formula is C23H22FN3O2. The van der Waals surface area contributed by atoms with E-state index in [0.29, 0.717) is 23.7 Å². The lowest BCUT2D eigenvalue weighted by atomic mass is 10.1. The third kappa shape index (κ3) is 4.78. The summed E-state index contributed by atoms with van der Waals surface area (Å²) >= 11 is 0. The molecule has 1 aliphatic rings. The van der Waals surface area contributed by atoms with Gasteiger partial charge >= 0.3 is 0 Å². The second kappa shape index (κ2) is 8.84. The number of ether oxygens (including phenoxy) is 1. The molecule has 0 radical (unpaired) electrons. The Balaban J connectivity index is 1.46. The number of carbonyl (C=O) groups excluding carboxylic acids is 1. The Hall–Kier alpha value is -3.25. The molecule has 1 fully saturated rings. The van der Waals surface area contributed by atoms with Crippen molar-refractivity contribution in [3.05, 3.63) is 84.4 Å². The smallest absolute Gasteiger partial charge is 0.241 e. The molecule has 4 rings (SSSR count). The van der Waals surface area contributed by atoms with E-state index in [1.165, 1.54) is 12.1 Å². The summed E-state index contributed by atoms with van der Waals surface area (Å²) in [7, 11) is 0. The van der Waals surface area contributed by atoms with Gasteiger partial charge in [-0.25, -0.2) is 4.39 Å². The number of aromatic nitrogens is 1. The molecule has 1 atom stereocenters. The van der Waals surface area contributed by atoms with Crippen molar-refractivity contribution in [2.75, 3.05) is 11.9 Å². The van der Waals surface area contributed by atoms with Crippen LogP contribution in [0.4, 0.5) is 10.1 Å². The molecule has 0 aliphatic carbocycles. The van der Waals surface area contributed by atoms with Gasteiger partial charge in [-0.3, -0.25) is 14.7 Å². The average molecular weight is 391 g/mol. The molecule has 0 spiro atoms. The van der Waals surface area contributed by atoms with E-state index in [4.69, 9.17) is 4.74 Å². The minimum Gasteiger partial charge on any atom is -0.454 e. The zero-order valence-electron chi connectivity index (χ0n) is 15.9. The number of hydrogen-bond donors (Lipinski definition) is 1. The van der Waals surface area contributed by atoms with Crippen LogP contribution >= 0.6 is 0 Å². The molecule has 0 saturated carbocycles. The molecule has 29 heavy (non-hydrogen) atoms. The number of likely N-dealkylation sites (tertiary alicyclic amines) is 1. The van der Waals surface area contributed by atoms with Crippen LogP contribution in [0.15, 0.2) is 73.1 Å². The maximum absolute atomic E-state index is 13.5. The molecule has 5 nitrogen and oxygen atoms in total. The van der Waals surface area contributed by atoms with Crippen molar-refractivity contribution < 1.29 is 13.9 Å². The Bertz CT molecular complexity index is 981. The highest BCUT2D eigenvalue weighted by atomic mass is 19.1. The van der Waals surface area contributed by atoms with Crippen LogP contribution in [-0.2, 0) is 11.3 Å². The molecule has 148 valence electrons. The van der Waals surface area contributed by atoms with Crippen LogP contribution < -0.4 is 10.1 Å². The van der Waals surface area contributed by atoms with Crippen LogP contribution in [0.5, 0.6) is 11.5 Å². The van der Waals surface area contributed by atoms with E-state index < -0.39 is 0 Å². The van der Waals surface area contributed by atoms with Crippen molar-refractivity contribution in [2.24, 2.45) is 0 Å². The van der Waals surface area contributed by atoms with E-state index in [1.54, 1.807) is 24.5 Å². The van der Waals surface area contributed by atoms with Gasteiger partial charge in [0.1, 0.15) is 11.6 Å². The molecule has 1 unspecified atom stereocenters. The fraction of sp³-hybridized carbons (Fsp3) is 0.217.